The molecule has 122 valence electrons. The first-order valence-electron chi connectivity index (χ1n) is 7.75. The SMILES string of the molecule is CC(=O)OC1CC2C(=O)N(Cc3ccc(C)cc3)CC(=O)N2C1. The molecule has 0 N–H and O–H groups in total. The quantitative estimate of drug-likeness (QED) is 0.776. The molecule has 2 heterocycles. The fourth-order valence-electron chi connectivity index (χ4n) is 3.22. The Morgan fingerprint density at radius 3 is 2.61 bits per heavy atom. The van der Waals surface area contributed by atoms with Crippen LogP contribution in [0.1, 0.15) is 24.5 Å². The van der Waals surface area contributed by atoms with Crippen molar-refractivity contribution in [1.82, 2.24) is 9.80 Å². The van der Waals surface area contributed by atoms with Crippen LogP contribution in [0.2, 0.25) is 0 Å². The zero-order chi connectivity index (χ0) is 16.6. The molecular formula is C17H20N2O4. The van der Waals surface area contributed by atoms with Gasteiger partial charge in [-0.25, -0.2) is 0 Å². The second-order valence-corrected chi connectivity index (χ2v) is 6.21. The summed E-state index contributed by atoms with van der Waals surface area (Å²) in [6, 6.07) is 7.41. The number of amides is 2. The number of nitrogens with zero attached hydrogens (tertiary/aromatic N) is 2. The number of piperazine rings is 1. The first kappa shape index (κ1) is 15.5. The Hall–Kier alpha value is -2.37. The van der Waals surface area contributed by atoms with Gasteiger partial charge in [0.2, 0.25) is 11.8 Å². The zero-order valence-corrected chi connectivity index (χ0v) is 13.3. The molecular weight excluding hydrogens is 296 g/mol. The van der Waals surface area contributed by atoms with E-state index in [1.54, 1.807) is 9.80 Å². The van der Waals surface area contributed by atoms with E-state index in [4.69, 9.17) is 4.74 Å². The van der Waals surface area contributed by atoms with Crippen LogP contribution in [0.5, 0.6) is 0 Å². The van der Waals surface area contributed by atoms with E-state index in [1.807, 2.05) is 31.2 Å². The highest BCUT2D eigenvalue weighted by atomic mass is 16.5. The minimum absolute atomic E-state index is 0.0696. The van der Waals surface area contributed by atoms with Gasteiger partial charge in [-0.2, -0.15) is 0 Å². The van der Waals surface area contributed by atoms with Gasteiger partial charge in [0.1, 0.15) is 18.7 Å². The van der Waals surface area contributed by atoms with Gasteiger partial charge in [-0.1, -0.05) is 29.8 Å². The van der Waals surface area contributed by atoms with Crippen LogP contribution in [0.25, 0.3) is 0 Å². The predicted octanol–water partition coefficient (Wildman–Crippen LogP) is 0.870. The van der Waals surface area contributed by atoms with Crippen molar-refractivity contribution < 1.29 is 19.1 Å². The minimum atomic E-state index is -0.508. The lowest BCUT2D eigenvalue weighted by Gasteiger charge is -2.36. The molecule has 2 amide bonds. The highest BCUT2D eigenvalue weighted by molar-refractivity contribution is 5.95. The van der Waals surface area contributed by atoms with Gasteiger partial charge in [0.15, 0.2) is 0 Å². The number of carbonyl (C=O) groups excluding carboxylic acids is 3. The van der Waals surface area contributed by atoms with Crippen LogP contribution in [0.15, 0.2) is 24.3 Å². The smallest absolute Gasteiger partial charge is 0.302 e. The molecule has 1 aromatic carbocycles. The maximum atomic E-state index is 12.6. The Balaban J connectivity index is 1.71. The molecule has 0 bridgehead atoms. The van der Waals surface area contributed by atoms with Crippen molar-refractivity contribution in [2.24, 2.45) is 0 Å². The molecule has 2 fully saturated rings. The van der Waals surface area contributed by atoms with Gasteiger partial charge >= 0.3 is 5.97 Å². The summed E-state index contributed by atoms with van der Waals surface area (Å²) >= 11 is 0. The molecule has 2 atom stereocenters. The third-order valence-electron chi connectivity index (χ3n) is 4.33. The molecule has 2 aliphatic heterocycles. The Labute approximate surface area is 135 Å². The van der Waals surface area contributed by atoms with Crippen molar-refractivity contribution >= 4 is 17.8 Å². The monoisotopic (exact) mass is 316 g/mol. The number of hydrogen-bond donors (Lipinski definition) is 0. The lowest BCUT2D eigenvalue weighted by Crippen LogP contribution is -2.56. The summed E-state index contributed by atoms with van der Waals surface area (Å²) in [5.74, 6) is -0.539. The summed E-state index contributed by atoms with van der Waals surface area (Å²) in [6.07, 6.45) is -0.00103. The van der Waals surface area contributed by atoms with Crippen LogP contribution in [-0.4, -0.2) is 52.8 Å². The molecule has 0 aliphatic carbocycles. The molecule has 0 aromatic heterocycles. The third-order valence-corrected chi connectivity index (χ3v) is 4.33. The van der Waals surface area contributed by atoms with Gasteiger partial charge in [-0.15, -0.1) is 0 Å². The minimum Gasteiger partial charge on any atom is -0.461 e. The molecule has 0 saturated carbocycles. The van der Waals surface area contributed by atoms with Gasteiger partial charge in [0.05, 0.1) is 6.54 Å². The normalized spacial score (nSPS) is 23.9. The largest absolute Gasteiger partial charge is 0.461 e. The van der Waals surface area contributed by atoms with Gasteiger partial charge in [0, 0.05) is 19.9 Å². The number of aryl methyl sites for hydroxylation is 1. The second-order valence-electron chi connectivity index (χ2n) is 6.21. The van der Waals surface area contributed by atoms with Crippen molar-refractivity contribution in [3.8, 4) is 0 Å². The van der Waals surface area contributed by atoms with Crippen LogP contribution >= 0.6 is 0 Å². The zero-order valence-electron chi connectivity index (χ0n) is 13.3. The summed E-state index contributed by atoms with van der Waals surface area (Å²) in [7, 11) is 0. The van der Waals surface area contributed by atoms with Crippen LogP contribution in [0.3, 0.4) is 0 Å². The lowest BCUT2D eigenvalue weighted by molar-refractivity contribution is -0.154. The van der Waals surface area contributed by atoms with E-state index >= 15 is 0 Å². The number of carbonyl (C=O) groups is 3. The van der Waals surface area contributed by atoms with Gasteiger partial charge in [-0.3, -0.25) is 14.4 Å². The lowest BCUT2D eigenvalue weighted by atomic mass is 10.1. The topological polar surface area (TPSA) is 66.9 Å². The van der Waals surface area contributed by atoms with Crippen LogP contribution in [0.4, 0.5) is 0 Å². The van der Waals surface area contributed by atoms with E-state index in [0.29, 0.717) is 19.5 Å². The van der Waals surface area contributed by atoms with Gasteiger partial charge in [0.25, 0.3) is 0 Å². The first-order valence-corrected chi connectivity index (χ1v) is 7.75. The Morgan fingerprint density at radius 2 is 1.96 bits per heavy atom. The average molecular weight is 316 g/mol. The maximum Gasteiger partial charge on any atom is 0.302 e. The number of ether oxygens (including phenoxy) is 1. The number of fused-ring (bicyclic) bond motifs is 1. The van der Waals surface area contributed by atoms with Crippen molar-refractivity contribution in [2.45, 2.75) is 39.0 Å². The number of rotatable bonds is 3. The molecule has 23 heavy (non-hydrogen) atoms. The van der Waals surface area contributed by atoms with E-state index in [0.717, 1.165) is 11.1 Å². The van der Waals surface area contributed by atoms with Gasteiger partial charge < -0.3 is 14.5 Å². The summed E-state index contributed by atoms with van der Waals surface area (Å²) < 4.78 is 5.16. The molecule has 0 radical (unpaired) electrons. The maximum absolute atomic E-state index is 12.6. The third kappa shape index (κ3) is 3.21. The van der Waals surface area contributed by atoms with E-state index in [9.17, 15) is 14.4 Å². The fourth-order valence-corrected chi connectivity index (χ4v) is 3.22. The Bertz CT molecular complexity index is 640. The Kier molecular flexibility index (Phi) is 4.07. The molecule has 2 unspecified atom stereocenters. The number of esters is 1. The number of benzene rings is 1. The predicted molar refractivity (Wildman–Crippen MR) is 82.3 cm³/mol. The van der Waals surface area contributed by atoms with Crippen molar-refractivity contribution in [1.29, 1.82) is 0 Å². The molecule has 0 spiro atoms. The molecule has 1 aromatic rings. The first-order chi connectivity index (χ1) is 10.9. The second kappa shape index (κ2) is 6.02. The molecule has 2 aliphatic rings. The van der Waals surface area contributed by atoms with Crippen LogP contribution in [0, 0.1) is 6.92 Å². The van der Waals surface area contributed by atoms with Crippen LogP contribution in [-0.2, 0) is 25.7 Å². The Morgan fingerprint density at radius 1 is 1.26 bits per heavy atom. The van der Waals surface area contributed by atoms with Crippen LogP contribution < -0.4 is 0 Å². The standard InChI is InChI=1S/C17H20N2O4/c1-11-3-5-13(6-4-11)8-18-10-16(21)19-9-14(23-12(2)20)7-15(19)17(18)22/h3-6,14-15H,7-10H2,1-2H3. The number of hydrogen-bond acceptors (Lipinski definition) is 4. The molecule has 3 rings (SSSR count). The summed E-state index contributed by atoms with van der Waals surface area (Å²) in [6.45, 7) is 4.16. The average Bonchev–Trinajstić information content (AvgIpc) is 2.90. The molecule has 6 nitrogen and oxygen atoms in total. The summed E-state index contributed by atoms with van der Waals surface area (Å²) in [5.41, 5.74) is 2.15. The van der Waals surface area contributed by atoms with E-state index in [2.05, 4.69) is 0 Å². The van der Waals surface area contributed by atoms with E-state index < -0.39 is 6.04 Å². The van der Waals surface area contributed by atoms with Crippen molar-refractivity contribution in [3.05, 3.63) is 35.4 Å². The summed E-state index contributed by atoms with van der Waals surface area (Å²) in [5, 5.41) is 0. The van der Waals surface area contributed by atoms with Crippen molar-refractivity contribution in [3.63, 3.8) is 0 Å². The summed E-state index contributed by atoms with van der Waals surface area (Å²) in [4.78, 5) is 39.2. The molecule has 2 saturated heterocycles. The fraction of sp³-hybridized carbons (Fsp3) is 0.471. The van der Waals surface area contributed by atoms with E-state index in [-0.39, 0.29) is 30.4 Å². The van der Waals surface area contributed by atoms with Crippen molar-refractivity contribution in [2.75, 3.05) is 13.1 Å². The molecule has 6 heteroatoms. The highest BCUT2D eigenvalue weighted by Gasteiger charge is 2.46. The van der Waals surface area contributed by atoms with E-state index in [1.165, 1.54) is 6.92 Å². The van der Waals surface area contributed by atoms with Gasteiger partial charge in [-0.05, 0) is 12.5 Å². The highest BCUT2D eigenvalue weighted by Crippen LogP contribution is 2.27.